The van der Waals surface area contributed by atoms with Crippen LogP contribution in [-0.4, -0.2) is 90.8 Å². The number of likely N-dealkylation sites (N-methyl/N-ethyl adjacent to an activating group) is 1. The molecule has 1 saturated carbocycles. The van der Waals surface area contributed by atoms with Gasteiger partial charge < -0.3 is 41.0 Å². The first-order valence-corrected chi connectivity index (χ1v) is 10.3. The molecule has 1 aliphatic carbocycles. The van der Waals surface area contributed by atoms with Gasteiger partial charge in [0, 0.05) is 12.5 Å². The lowest BCUT2D eigenvalue weighted by molar-refractivity contribution is -0.170. The van der Waals surface area contributed by atoms with Gasteiger partial charge in [0.2, 0.25) is 0 Å². The third kappa shape index (κ3) is 9.74. The van der Waals surface area contributed by atoms with Crippen LogP contribution in [-0.2, 0) is 14.4 Å². The Hall–Kier alpha value is -2.73. The van der Waals surface area contributed by atoms with Crippen LogP contribution in [0.5, 0.6) is 5.75 Å². The van der Waals surface area contributed by atoms with Gasteiger partial charge in [0.15, 0.2) is 5.60 Å². The van der Waals surface area contributed by atoms with Gasteiger partial charge in [-0.25, -0.2) is 4.79 Å². The number of phenolic OH excluding ortho intramolecular Hbond substituents is 1. The van der Waals surface area contributed by atoms with Crippen LogP contribution in [0, 0.1) is 0 Å². The maximum atomic E-state index is 11.0. The molecule has 0 spiro atoms. The van der Waals surface area contributed by atoms with E-state index in [0.29, 0.717) is 0 Å². The van der Waals surface area contributed by atoms with Crippen LogP contribution in [0.2, 0.25) is 0 Å². The Morgan fingerprint density at radius 1 is 0.970 bits per heavy atom. The van der Waals surface area contributed by atoms with Crippen LogP contribution in [0.3, 0.4) is 0 Å². The number of rotatable bonds is 9. The quantitative estimate of drug-likeness (QED) is 0.295. The van der Waals surface area contributed by atoms with E-state index in [4.69, 9.17) is 20.4 Å². The number of carboxylic acids is 3. The van der Waals surface area contributed by atoms with Crippen molar-refractivity contribution in [1.82, 2.24) is 4.90 Å². The van der Waals surface area contributed by atoms with Gasteiger partial charge in [-0.05, 0) is 44.6 Å². The minimum atomic E-state index is -2.74. The standard InChI is InChI=1S/C16H25NO2.C6H8O7.H2O/c1-17(2)12-15(13-6-8-14(18)9-7-13)16(19)10-4-3-5-11-16;7-3(8)1-6(13,5(11)12)2-4(9)10;/h6-9,15,18-19H,3-5,10-12H2,1-2H3;13H,1-2H2,(H,7,8)(H,9,10)(H,11,12);1H2. The first-order chi connectivity index (χ1) is 14.8. The topological polar surface area (TPSA) is 207 Å². The van der Waals surface area contributed by atoms with Gasteiger partial charge in [-0.1, -0.05) is 31.4 Å². The van der Waals surface area contributed by atoms with Crippen LogP contribution in [0.4, 0.5) is 0 Å². The molecule has 1 fully saturated rings. The SMILES string of the molecule is CN(C)CC(c1ccc(O)cc1)C1(O)CCCCC1.O.O=C(O)CC(O)(CC(=O)O)C(=O)O. The molecule has 2 rings (SSSR count). The summed E-state index contributed by atoms with van der Waals surface area (Å²) in [6.45, 7) is 0.835. The minimum absolute atomic E-state index is 0. The van der Waals surface area contributed by atoms with Gasteiger partial charge in [-0.3, -0.25) is 9.59 Å². The number of aliphatic hydroxyl groups is 2. The van der Waals surface area contributed by atoms with Crippen LogP contribution in [0.25, 0.3) is 0 Å². The van der Waals surface area contributed by atoms with Crippen molar-refractivity contribution in [3.05, 3.63) is 29.8 Å². The Morgan fingerprint density at radius 3 is 1.79 bits per heavy atom. The predicted molar refractivity (Wildman–Crippen MR) is 118 cm³/mol. The summed E-state index contributed by atoms with van der Waals surface area (Å²) in [5.41, 5.74) is -2.21. The van der Waals surface area contributed by atoms with Crippen LogP contribution < -0.4 is 0 Å². The molecular formula is C22H35NO10. The molecule has 0 saturated heterocycles. The highest BCUT2D eigenvalue weighted by Crippen LogP contribution is 2.40. The first-order valence-electron chi connectivity index (χ1n) is 10.3. The predicted octanol–water partition coefficient (Wildman–Crippen LogP) is 0.659. The van der Waals surface area contributed by atoms with Crippen molar-refractivity contribution in [3.63, 3.8) is 0 Å². The molecule has 0 aliphatic heterocycles. The third-order valence-electron chi connectivity index (χ3n) is 5.50. The average Bonchev–Trinajstić information content (AvgIpc) is 2.66. The Labute approximate surface area is 192 Å². The number of aliphatic carboxylic acids is 3. The van der Waals surface area contributed by atoms with Crippen LogP contribution >= 0.6 is 0 Å². The zero-order valence-corrected chi connectivity index (χ0v) is 18.9. The Morgan fingerprint density at radius 2 is 1.42 bits per heavy atom. The molecule has 0 heterocycles. The number of benzene rings is 1. The smallest absolute Gasteiger partial charge is 0.336 e. The molecule has 1 unspecified atom stereocenters. The number of carbonyl (C=O) groups is 3. The van der Waals surface area contributed by atoms with E-state index >= 15 is 0 Å². The highest BCUT2D eigenvalue weighted by Gasteiger charge is 2.41. The van der Waals surface area contributed by atoms with E-state index in [1.807, 2.05) is 26.2 Å². The van der Waals surface area contributed by atoms with Crippen molar-refractivity contribution in [2.75, 3.05) is 20.6 Å². The second kappa shape index (κ2) is 13.1. The summed E-state index contributed by atoms with van der Waals surface area (Å²) in [6, 6.07) is 7.31. The molecule has 1 atom stereocenters. The molecule has 0 radical (unpaired) electrons. The second-order valence-corrected chi connectivity index (χ2v) is 8.55. The van der Waals surface area contributed by atoms with Crippen molar-refractivity contribution in [1.29, 1.82) is 0 Å². The molecule has 0 amide bonds. The van der Waals surface area contributed by atoms with Crippen LogP contribution in [0.1, 0.15) is 56.4 Å². The van der Waals surface area contributed by atoms with Gasteiger partial charge in [0.1, 0.15) is 5.75 Å². The lowest BCUT2D eigenvalue weighted by atomic mass is 9.72. The molecule has 33 heavy (non-hydrogen) atoms. The third-order valence-corrected chi connectivity index (χ3v) is 5.50. The fraction of sp³-hybridized carbons (Fsp3) is 0.591. The van der Waals surface area contributed by atoms with Crippen molar-refractivity contribution in [2.45, 2.75) is 62.1 Å². The molecule has 8 N–H and O–H groups in total. The van der Waals surface area contributed by atoms with E-state index in [0.717, 1.165) is 37.8 Å². The number of hydrogen-bond donors (Lipinski definition) is 6. The number of nitrogens with zero attached hydrogens (tertiary/aromatic N) is 1. The molecule has 1 aromatic rings. The Bertz CT molecular complexity index is 756. The fourth-order valence-electron chi connectivity index (χ4n) is 3.88. The second-order valence-electron chi connectivity index (χ2n) is 8.55. The van der Waals surface area contributed by atoms with E-state index in [-0.39, 0.29) is 17.1 Å². The number of hydrogen-bond acceptors (Lipinski definition) is 7. The molecule has 11 heteroatoms. The highest BCUT2D eigenvalue weighted by molar-refractivity contribution is 5.88. The first kappa shape index (κ1) is 30.3. The van der Waals surface area contributed by atoms with Gasteiger partial charge in [-0.2, -0.15) is 0 Å². The summed E-state index contributed by atoms with van der Waals surface area (Å²) in [7, 11) is 4.08. The van der Waals surface area contributed by atoms with Gasteiger partial charge in [0.25, 0.3) is 0 Å². The monoisotopic (exact) mass is 473 g/mol. The summed E-state index contributed by atoms with van der Waals surface area (Å²) in [6.07, 6.45) is 2.92. The molecule has 1 aromatic carbocycles. The van der Waals surface area contributed by atoms with Crippen molar-refractivity contribution < 1.29 is 50.5 Å². The zero-order chi connectivity index (χ0) is 24.5. The molecule has 11 nitrogen and oxygen atoms in total. The highest BCUT2D eigenvalue weighted by atomic mass is 16.4. The van der Waals surface area contributed by atoms with Gasteiger partial charge in [-0.15, -0.1) is 0 Å². The zero-order valence-electron chi connectivity index (χ0n) is 18.9. The summed E-state index contributed by atoms with van der Waals surface area (Å²) in [5, 5.41) is 54.2. The van der Waals surface area contributed by atoms with E-state index in [1.54, 1.807) is 12.1 Å². The Balaban J connectivity index is 0.000000649. The minimum Gasteiger partial charge on any atom is -0.508 e. The van der Waals surface area contributed by atoms with Crippen molar-refractivity contribution >= 4 is 17.9 Å². The molecule has 0 bridgehead atoms. The van der Waals surface area contributed by atoms with E-state index < -0.39 is 42.0 Å². The molecule has 0 aromatic heterocycles. The summed E-state index contributed by atoms with van der Waals surface area (Å²) in [4.78, 5) is 32.6. The van der Waals surface area contributed by atoms with Gasteiger partial charge >= 0.3 is 17.9 Å². The van der Waals surface area contributed by atoms with Crippen molar-refractivity contribution in [2.24, 2.45) is 0 Å². The van der Waals surface area contributed by atoms with Crippen molar-refractivity contribution in [3.8, 4) is 5.75 Å². The number of phenols is 1. The summed E-state index contributed by atoms with van der Waals surface area (Å²) < 4.78 is 0. The van der Waals surface area contributed by atoms with E-state index in [2.05, 4.69) is 4.90 Å². The van der Waals surface area contributed by atoms with E-state index in [1.165, 1.54) is 6.42 Å². The molecule has 1 aliphatic rings. The normalized spacial score (nSPS) is 16.0. The lowest BCUT2D eigenvalue weighted by Crippen LogP contribution is -2.42. The maximum absolute atomic E-state index is 11.0. The summed E-state index contributed by atoms with van der Waals surface area (Å²) >= 11 is 0. The maximum Gasteiger partial charge on any atom is 0.336 e. The Kier molecular flexibility index (Phi) is 12.0. The average molecular weight is 474 g/mol. The van der Waals surface area contributed by atoms with Gasteiger partial charge in [0.05, 0.1) is 18.4 Å². The molecule has 188 valence electrons. The largest absolute Gasteiger partial charge is 0.508 e. The fourth-order valence-corrected chi connectivity index (χ4v) is 3.88. The van der Waals surface area contributed by atoms with Crippen LogP contribution in [0.15, 0.2) is 24.3 Å². The van der Waals surface area contributed by atoms with E-state index in [9.17, 15) is 24.6 Å². The number of aromatic hydroxyl groups is 1. The summed E-state index contributed by atoms with van der Waals surface area (Å²) in [5.74, 6) is -4.62. The number of carboxylic acid groups (broad SMARTS) is 3. The lowest BCUT2D eigenvalue weighted by Gasteiger charge is -2.40. The molecular weight excluding hydrogens is 438 g/mol.